The third-order valence-electron chi connectivity index (χ3n) is 10.3. The summed E-state index contributed by atoms with van der Waals surface area (Å²) in [4.78, 5) is 0. The van der Waals surface area contributed by atoms with E-state index in [1.165, 1.54) is 50.5 Å². The van der Waals surface area contributed by atoms with E-state index in [0.717, 1.165) is 37.0 Å². The van der Waals surface area contributed by atoms with Crippen LogP contribution in [0.5, 0.6) is 0 Å². The van der Waals surface area contributed by atoms with Crippen molar-refractivity contribution in [1.29, 1.82) is 0 Å². The number of hydrogen-bond donors (Lipinski definition) is 2. The molecule has 2 heteroatoms. The van der Waals surface area contributed by atoms with Crippen LogP contribution in [0.4, 0.5) is 0 Å². The largest absolute Gasteiger partial charge is 0.393 e. The van der Waals surface area contributed by atoms with Crippen LogP contribution in [0, 0.1) is 46.3 Å². The summed E-state index contributed by atoms with van der Waals surface area (Å²) in [5.41, 5.74) is 1.99. The lowest BCUT2D eigenvalue weighted by Crippen LogP contribution is -2.54. The SMILES string of the molecule is CC(C)CCC[C@@H](C)[C@@H]1CC[C@@H]2[C@H]3[C@H](O)C=C4C[C@@H](O)CC[C@]4(C)[C@@H]3CC[C@]21C. The van der Waals surface area contributed by atoms with Gasteiger partial charge in [0.15, 0.2) is 0 Å². The Hall–Kier alpha value is -0.340. The smallest absolute Gasteiger partial charge is 0.0757 e. The van der Waals surface area contributed by atoms with Crippen LogP contribution in [0.2, 0.25) is 0 Å². The summed E-state index contributed by atoms with van der Waals surface area (Å²) in [5, 5.41) is 21.5. The maximum atomic E-state index is 11.3. The van der Waals surface area contributed by atoms with Crippen LogP contribution >= 0.6 is 0 Å². The molecule has 3 saturated carbocycles. The fourth-order valence-electron chi connectivity index (χ4n) is 8.65. The van der Waals surface area contributed by atoms with Crippen molar-refractivity contribution < 1.29 is 10.2 Å². The first-order valence-electron chi connectivity index (χ1n) is 12.7. The number of aliphatic hydroxyl groups excluding tert-OH is 2. The predicted octanol–water partition coefficient (Wildman–Crippen LogP) is 6.36. The first kappa shape index (κ1) is 21.9. The molecule has 0 amide bonds. The van der Waals surface area contributed by atoms with Crippen molar-refractivity contribution in [2.45, 2.75) is 111 Å². The highest BCUT2D eigenvalue weighted by Crippen LogP contribution is 2.67. The highest BCUT2D eigenvalue weighted by atomic mass is 16.3. The van der Waals surface area contributed by atoms with Crippen molar-refractivity contribution in [3.8, 4) is 0 Å². The number of rotatable bonds is 5. The van der Waals surface area contributed by atoms with Crippen LogP contribution in [-0.4, -0.2) is 22.4 Å². The topological polar surface area (TPSA) is 40.5 Å². The fourth-order valence-corrected chi connectivity index (χ4v) is 8.65. The summed E-state index contributed by atoms with van der Waals surface area (Å²) >= 11 is 0. The number of aliphatic hydroxyl groups is 2. The molecular weight excluding hydrogens is 356 g/mol. The van der Waals surface area contributed by atoms with Crippen molar-refractivity contribution in [1.82, 2.24) is 0 Å². The van der Waals surface area contributed by atoms with Crippen LogP contribution < -0.4 is 0 Å². The molecule has 0 aromatic carbocycles. The van der Waals surface area contributed by atoms with Gasteiger partial charge in [-0.2, -0.15) is 0 Å². The zero-order valence-electron chi connectivity index (χ0n) is 19.7. The highest BCUT2D eigenvalue weighted by Gasteiger charge is 2.61. The van der Waals surface area contributed by atoms with Gasteiger partial charge in [-0.3, -0.25) is 0 Å². The molecule has 4 aliphatic rings. The maximum absolute atomic E-state index is 11.3. The van der Waals surface area contributed by atoms with Gasteiger partial charge < -0.3 is 10.2 Å². The van der Waals surface area contributed by atoms with Crippen LogP contribution in [-0.2, 0) is 0 Å². The molecular formula is C27H46O2. The Bertz CT molecular complexity index is 624. The van der Waals surface area contributed by atoms with E-state index in [1.54, 1.807) is 0 Å². The molecule has 3 fully saturated rings. The van der Waals surface area contributed by atoms with E-state index in [4.69, 9.17) is 0 Å². The van der Waals surface area contributed by atoms with Crippen LogP contribution in [0.15, 0.2) is 11.6 Å². The molecule has 0 unspecified atom stereocenters. The molecule has 2 nitrogen and oxygen atoms in total. The third kappa shape index (κ3) is 3.65. The van der Waals surface area contributed by atoms with Gasteiger partial charge in [0.05, 0.1) is 12.2 Å². The zero-order chi connectivity index (χ0) is 21.0. The number of hydrogen-bond acceptors (Lipinski definition) is 2. The van der Waals surface area contributed by atoms with Crippen molar-refractivity contribution in [2.75, 3.05) is 0 Å². The molecule has 0 radical (unpaired) electrons. The molecule has 4 aliphatic carbocycles. The second-order valence-electron chi connectivity index (χ2n) is 12.3. The standard InChI is InChI=1S/C27H46O2/c1-17(2)7-6-8-18(3)21-9-10-22-25-23(12-14-27(21,22)5)26(4)13-11-20(28)15-19(26)16-24(25)29/h16-18,20-25,28-29H,6-15H2,1-5H3/t18-,20+,21+,22-,23-,24-,25-,26+,27+/m1/s1. The average molecular weight is 403 g/mol. The summed E-state index contributed by atoms with van der Waals surface area (Å²) in [6.07, 6.45) is 13.9. The monoisotopic (exact) mass is 402 g/mol. The molecule has 0 aromatic rings. The second kappa shape index (κ2) is 7.97. The first-order chi connectivity index (χ1) is 13.7. The van der Waals surface area contributed by atoms with E-state index < -0.39 is 0 Å². The molecule has 0 saturated heterocycles. The van der Waals surface area contributed by atoms with Gasteiger partial charge in [-0.1, -0.05) is 65.5 Å². The van der Waals surface area contributed by atoms with Gasteiger partial charge in [0.25, 0.3) is 0 Å². The summed E-state index contributed by atoms with van der Waals surface area (Å²) < 4.78 is 0. The Balaban J connectivity index is 1.54. The lowest BCUT2D eigenvalue weighted by atomic mass is 9.46. The van der Waals surface area contributed by atoms with E-state index >= 15 is 0 Å². The maximum Gasteiger partial charge on any atom is 0.0757 e. The Labute approximate surface area is 179 Å². The van der Waals surface area contributed by atoms with Crippen molar-refractivity contribution in [3.63, 3.8) is 0 Å². The summed E-state index contributed by atoms with van der Waals surface area (Å²) in [6.45, 7) is 12.2. The van der Waals surface area contributed by atoms with Gasteiger partial charge in [-0.25, -0.2) is 0 Å². The van der Waals surface area contributed by atoms with Gasteiger partial charge in [-0.05, 0) is 91.3 Å². The minimum Gasteiger partial charge on any atom is -0.393 e. The molecule has 29 heavy (non-hydrogen) atoms. The molecule has 2 N–H and O–H groups in total. The molecule has 0 heterocycles. The quantitative estimate of drug-likeness (QED) is 0.525. The Morgan fingerprint density at radius 3 is 2.45 bits per heavy atom. The van der Waals surface area contributed by atoms with Crippen molar-refractivity contribution in [3.05, 3.63) is 11.6 Å². The highest BCUT2D eigenvalue weighted by molar-refractivity contribution is 5.27. The van der Waals surface area contributed by atoms with Crippen molar-refractivity contribution in [2.24, 2.45) is 46.3 Å². The van der Waals surface area contributed by atoms with E-state index in [-0.39, 0.29) is 17.6 Å². The number of fused-ring (bicyclic) bond motifs is 5. The average Bonchev–Trinajstić information content (AvgIpc) is 3.00. The van der Waals surface area contributed by atoms with Gasteiger partial charge >= 0.3 is 0 Å². The second-order valence-corrected chi connectivity index (χ2v) is 12.3. The molecule has 0 spiro atoms. The van der Waals surface area contributed by atoms with Gasteiger partial charge in [0, 0.05) is 0 Å². The molecule has 0 aromatic heterocycles. The van der Waals surface area contributed by atoms with E-state index in [1.807, 2.05) is 0 Å². The molecule has 4 rings (SSSR count). The molecule has 166 valence electrons. The first-order valence-corrected chi connectivity index (χ1v) is 12.7. The van der Waals surface area contributed by atoms with Crippen molar-refractivity contribution >= 4 is 0 Å². The van der Waals surface area contributed by atoms with Crippen LogP contribution in [0.3, 0.4) is 0 Å². The Kier molecular flexibility index (Phi) is 6.01. The molecule has 9 atom stereocenters. The van der Waals surface area contributed by atoms with Gasteiger partial charge in [0.1, 0.15) is 0 Å². The fraction of sp³-hybridized carbons (Fsp3) is 0.926. The van der Waals surface area contributed by atoms with Gasteiger partial charge in [0.2, 0.25) is 0 Å². The minimum atomic E-state index is -0.298. The van der Waals surface area contributed by atoms with Crippen LogP contribution in [0.1, 0.15) is 98.8 Å². The summed E-state index contributed by atoms with van der Waals surface area (Å²) in [7, 11) is 0. The lowest BCUT2D eigenvalue weighted by molar-refractivity contribution is -0.0970. The zero-order valence-corrected chi connectivity index (χ0v) is 19.7. The Morgan fingerprint density at radius 1 is 0.966 bits per heavy atom. The molecule has 0 aliphatic heterocycles. The summed E-state index contributed by atoms with van der Waals surface area (Å²) in [5.74, 6) is 4.18. The Morgan fingerprint density at radius 2 is 1.72 bits per heavy atom. The van der Waals surface area contributed by atoms with E-state index in [2.05, 4.69) is 40.7 Å². The third-order valence-corrected chi connectivity index (χ3v) is 10.3. The van der Waals surface area contributed by atoms with Gasteiger partial charge in [-0.15, -0.1) is 0 Å². The predicted molar refractivity (Wildman–Crippen MR) is 120 cm³/mol. The summed E-state index contributed by atoms with van der Waals surface area (Å²) in [6, 6.07) is 0. The van der Waals surface area contributed by atoms with E-state index in [9.17, 15) is 10.2 Å². The van der Waals surface area contributed by atoms with Crippen LogP contribution in [0.25, 0.3) is 0 Å². The van der Waals surface area contributed by atoms with E-state index in [0.29, 0.717) is 23.2 Å². The normalized spacial score (nSPS) is 47.9. The lowest BCUT2D eigenvalue weighted by Gasteiger charge is -2.59. The minimum absolute atomic E-state index is 0.200. The molecule has 0 bridgehead atoms.